The van der Waals surface area contributed by atoms with E-state index in [0.29, 0.717) is 0 Å². The highest BCUT2D eigenvalue weighted by Gasteiger charge is 2.27. The molecule has 0 aromatic heterocycles. The Hall–Kier alpha value is -0.570. The molecule has 7 heteroatoms. The number of aldehydes is 1. The van der Waals surface area contributed by atoms with E-state index in [4.69, 9.17) is 10.2 Å². The van der Waals surface area contributed by atoms with Crippen molar-refractivity contribution in [3.8, 4) is 0 Å². The molecule has 0 rings (SSSR count). The maximum Gasteiger partial charge on any atom is 0.188 e. The van der Waals surface area contributed by atoms with Crippen molar-refractivity contribution in [3.05, 3.63) is 0 Å². The Labute approximate surface area is 87.1 Å². The van der Waals surface area contributed by atoms with Crippen molar-refractivity contribution in [2.75, 3.05) is 13.7 Å². The van der Waals surface area contributed by atoms with Crippen molar-refractivity contribution in [3.63, 3.8) is 0 Å². The van der Waals surface area contributed by atoms with Crippen LogP contribution in [0.15, 0.2) is 0 Å². The highest BCUT2D eigenvalue weighted by atomic mass is 17.2. The smallest absolute Gasteiger partial charge is 0.188 e. The van der Waals surface area contributed by atoms with Gasteiger partial charge in [-0.3, -0.25) is 0 Å². The summed E-state index contributed by atoms with van der Waals surface area (Å²) in [5.74, 6) is 0. The van der Waals surface area contributed by atoms with Gasteiger partial charge < -0.3 is 24.9 Å². The standard InChI is InChI=1S/C8H16O7/c1-5(13-2)14-15-7(4-10)8(12)6(11)3-9/h4-9,11-12H,3H2,1-2H3/t5?,6-,7+,8-/m1/s1. The van der Waals surface area contributed by atoms with Crippen LogP contribution in [0.1, 0.15) is 6.92 Å². The average molecular weight is 224 g/mol. The molecular weight excluding hydrogens is 208 g/mol. The number of rotatable bonds is 8. The minimum absolute atomic E-state index is 0.256. The lowest BCUT2D eigenvalue weighted by molar-refractivity contribution is -0.392. The number of hydrogen-bond acceptors (Lipinski definition) is 7. The number of carbonyl (C=O) groups excluding carboxylic acids is 1. The summed E-state index contributed by atoms with van der Waals surface area (Å²) in [6.07, 6.45) is -4.87. The molecule has 1 unspecified atom stereocenters. The molecule has 0 aliphatic heterocycles. The minimum Gasteiger partial charge on any atom is -0.394 e. The summed E-state index contributed by atoms with van der Waals surface area (Å²) >= 11 is 0. The Morgan fingerprint density at radius 2 is 1.93 bits per heavy atom. The zero-order chi connectivity index (χ0) is 11.8. The van der Waals surface area contributed by atoms with Gasteiger partial charge in [-0.2, -0.15) is 0 Å². The molecule has 0 fully saturated rings. The molecule has 7 nitrogen and oxygen atoms in total. The van der Waals surface area contributed by atoms with Gasteiger partial charge in [0.25, 0.3) is 0 Å². The molecule has 0 radical (unpaired) electrons. The molecular formula is C8H16O7. The Morgan fingerprint density at radius 3 is 2.33 bits per heavy atom. The molecule has 0 saturated heterocycles. The lowest BCUT2D eigenvalue weighted by atomic mass is 10.1. The monoisotopic (exact) mass is 224 g/mol. The Morgan fingerprint density at radius 1 is 1.33 bits per heavy atom. The summed E-state index contributed by atoms with van der Waals surface area (Å²) in [4.78, 5) is 19.5. The minimum atomic E-state index is -1.56. The SMILES string of the molecule is COC(C)OO[C@@H](C=O)[C@H](O)[C@H](O)CO. The van der Waals surface area contributed by atoms with E-state index in [1.54, 1.807) is 0 Å². The van der Waals surface area contributed by atoms with Gasteiger partial charge in [0, 0.05) is 7.11 Å². The van der Waals surface area contributed by atoms with Gasteiger partial charge in [-0.25, -0.2) is 9.78 Å². The molecule has 3 N–H and O–H groups in total. The summed E-state index contributed by atoms with van der Waals surface area (Å²) < 4.78 is 4.65. The Balaban J connectivity index is 4.06. The molecule has 15 heavy (non-hydrogen) atoms. The van der Waals surface area contributed by atoms with Crippen molar-refractivity contribution in [2.45, 2.75) is 31.5 Å². The predicted octanol–water partition coefficient (Wildman–Crippen LogP) is -1.79. The van der Waals surface area contributed by atoms with Gasteiger partial charge in [-0.1, -0.05) is 0 Å². The number of ether oxygens (including phenoxy) is 1. The molecule has 0 saturated carbocycles. The van der Waals surface area contributed by atoms with Crippen LogP contribution in [0.25, 0.3) is 0 Å². The fourth-order valence-corrected chi connectivity index (χ4v) is 0.669. The van der Waals surface area contributed by atoms with E-state index >= 15 is 0 Å². The second-order valence-corrected chi connectivity index (χ2v) is 2.84. The molecule has 0 aliphatic rings. The van der Waals surface area contributed by atoms with Crippen LogP contribution in [0, 0.1) is 0 Å². The van der Waals surface area contributed by atoms with E-state index in [1.165, 1.54) is 14.0 Å². The summed E-state index contributed by atoms with van der Waals surface area (Å²) in [7, 11) is 1.36. The van der Waals surface area contributed by atoms with E-state index in [2.05, 4.69) is 14.5 Å². The number of aliphatic hydroxyl groups excluding tert-OH is 3. The van der Waals surface area contributed by atoms with E-state index in [9.17, 15) is 9.90 Å². The number of carbonyl (C=O) groups is 1. The van der Waals surface area contributed by atoms with Gasteiger partial charge in [0.15, 0.2) is 18.7 Å². The Kier molecular flexibility index (Phi) is 7.39. The molecule has 90 valence electrons. The first-order valence-electron chi connectivity index (χ1n) is 4.34. The van der Waals surface area contributed by atoms with Crippen LogP contribution in [0.3, 0.4) is 0 Å². The second-order valence-electron chi connectivity index (χ2n) is 2.84. The van der Waals surface area contributed by atoms with Crippen molar-refractivity contribution < 1.29 is 34.6 Å². The number of aliphatic hydroxyl groups is 3. The first-order valence-corrected chi connectivity index (χ1v) is 4.34. The largest absolute Gasteiger partial charge is 0.394 e. The summed E-state index contributed by atoms with van der Waals surface area (Å²) in [5.41, 5.74) is 0. The maximum atomic E-state index is 10.5. The second kappa shape index (κ2) is 7.69. The molecule has 0 aliphatic carbocycles. The maximum absolute atomic E-state index is 10.5. The van der Waals surface area contributed by atoms with Gasteiger partial charge in [0.05, 0.1) is 6.61 Å². The van der Waals surface area contributed by atoms with Crippen LogP contribution in [0.4, 0.5) is 0 Å². The van der Waals surface area contributed by atoms with Gasteiger partial charge in [-0.15, -0.1) is 0 Å². The molecule has 0 spiro atoms. The summed E-state index contributed by atoms with van der Waals surface area (Å²) in [5, 5.41) is 26.8. The first-order chi connectivity index (χ1) is 7.06. The van der Waals surface area contributed by atoms with Crippen LogP contribution in [0.5, 0.6) is 0 Å². The normalized spacial score (nSPS) is 19.3. The van der Waals surface area contributed by atoms with Gasteiger partial charge in [-0.05, 0) is 6.92 Å². The third kappa shape index (κ3) is 5.17. The average Bonchev–Trinajstić information content (AvgIpc) is 2.27. The Bertz CT molecular complexity index is 174. The van der Waals surface area contributed by atoms with Crippen molar-refractivity contribution in [2.24, 2.45) is 0 Å². The molecule has 0 heterocycles. The van der Waals surface area contributed by atoms with Gasteiger partial charge in [0.1, 0.15) is 12.2 Å². The lowest BCUT2D eigenvalue weighted by Crippen LogP contribution is -2.42. The number of hydrogen-bond donors (Lipinski definition) is 3. The summed E-state index contributed by atoms with van der Waals surface area (Å²) in [6, 6.07) is 0. The van der Waals surface area contributed by atoms with Crippen molar-refractivity contribution >= 4 is 6.29 Å². The number of methoxy groups -OCH3 is 1. The van der Waals surface area contributed by atoms with Crippen molar-refractivity contribution in [1.29, 1.82) is 0 Å². The molecule has 0 bridgehead atoms. The van der Waals surface area contributed by atoms with Gasteiger partial charge in [0.2, 0.25) is 0 Å². The van der Waals surface area contributed by atoms with E-state index in [0.717, 1.165) is 0 Å². The van der Waals surface area contributed by atoms with E-state index < -0.39 is 31.2 Å². The van der Waals surface area contributed by atoms with Crippen LogP contribution >= 0.6 is 0 Å². The van der Waals surface area contributed by atoms with Crippen molar-refractivity contribution in [1.82, 2.24) is 0 Å². The van der Waals surface area contributed by atoms with Crippen LogP contribution in [0.2, 0.25) is 0 Å². The van der Waals surface area contributed by atoms with Gasteiger partial charge >= 0.3 is 0 Å². The zero-order valence-electron chi connectivity index (χ0n) is 8.57. The quantitative estimate of drug-likeness (QED) is 0.193. The first kappa shape index (κ1) is 14.4. The third-order valence-electron chi connectivity index (χ3n) is 1.69. The van der Waals surface area contributed by atoms with Crippen LogP contribution < -0.4 is 0 Å². The van der Waals surface area contributed by atoms with E-state index in [1.807, 2.05) is 0 Å². The van der Waals surface area contributed by atoms with E-state index in [-0.39, 0.29) is 6.29 Å². The van der Waals surface area contributed by atoms with Crippen LogP contribution in [-0.4, -0.2) is 59.9 Å². The fraction of sp³-hybridized carbons (Fsp3) is 0.875. The predicted molar refractivity (Wildman–Crippen MR) is 47.6 cm³/mol. The zero-order valence-corrected chi connectivity index (χ0v) is 8.57. The summed E-state index contributed by atoms with van der Waals surface area (Å²) in [6.45, 7) is 0.825. The molecule has 4 atom stereocenters. The molecule has 0 aromatic carbocycles. The lowest BCUT2D eigenvalue weighted by Gasteiger charge is -2.21. The molecule has 0 aromatic rings. The third-order valence-corrected chi connectivity index (χ3v) is 1.69. The molecule has 0 amide bonds. The topological polar surface area (TPSA) is 105 Å². The highest BCUT2D eigenvalue weighted by molar-refractivity contribution is 5.57. The highest BCUT2D eigenvalue weighted by Crippen LogP contribution is 2.05. The fourth-order valence-electron chi connectivity index (χ4n) is 0.669. The van der Waals surface area contributed by atoms with Crippen LogP contribution in [-0.2, 0) is 19.3 Å².